The lowest BCUT2D eigenvalue weighted by molar-refractivity contribution is 0.0944. The maximum atomic E-state index is 11.3. The number of nitrogens with two attached hydrogens (primary N) is 1. The molecule has 1 aliphatic carbocycles. The van der Waals surface area contributed by atoms with E-state index in [1.54, 1.807) is 6.07 Å². The van der Waals surface area contributed by atoms with Crippen LogP contribution < -0.4 is 11.3 Å². The zero-order chi connectivity index (χ0) is 13.0. The van der Waals surface area contributed by atoms with Crippen molar-refractivity contribution in [1.29, 1.82) is 0 Å². The Hall–Kier alpha value is -1.40. The summed E-state index contributed by atoms with van der Waals surface area (Å²) in [6, 6.07) is 2.33. The van der Waals surface area contributed by atoms with Crippen LogP contribution in [0.2, 0.25) is 0 Å². The van der Waals surface area contributed by atoms with E-state index in [-0.39, 0.29) is 5.69 Å². The minimum absolute atomic E-state index is 0.235. The van der Waals surface area contributed by atoms with Crippen molar-refractivity contribution in [1.82, 2.24) is 15.5 Å². The van der Waals surface area contributed by atoms with E-state index in [1.807, 2.05) is 5.43 Å². The molecule has 6 nitrogen and oxygen atoms in total. The number of rotatable bonds is 7. The van der Waals surface area contributed by atoms with Crippen LogP contribution in [0, 0.1) is 0 Å². The number of nitrogens with zero attached hydrogens (tertiary/aromatic N) is 2. The topological polar surface area (TPSA) is 84.4 Å². The van der Waals surface area contributed by atoms with Crippen molar-refractivity contribution in [3.63, 3.8) is 0 Å². The van der Waals surface area contributed by atoms with Crippen molar-refractivity contribution >= 4 is 5.91 Å². The van der Waals surface area contributed by atoms with Crippen LogP contribution in [-0.2, 0) is 6.54 Å². The molecule has 1 aliphatic rings. The van der Waals surface area contributed by atoms with Gasteiger partial charge in [-0.3, -0.25) is 15.1 Å². The summed E-state index contributed by atoms with van der Waals surface area (Å²) in [6.45, 7) is 3.97. The molecule has 0 unspecified atom stereocenters. The molecule has 0 radical (unpaired) electrons. The monoisotopic (exact) mass is 252 g/mol. The molecule has 0 atom stereocenters. The number of nitrogen functional groups attached to an aromatic ring is 1. The molecular weight excluding hydrogens is 232 g/mol. The molecule has 1 aromatic rings. The largest absolute Gasteiger partial charge is 0.359 e. The molecular formula is C12H20N4O2. The Morgan fingerprint density at radius 3 is 3.06 bits per heavy atom. The minimum atomic E-state index is -0.420. The average molecular weight is 252 g/mol. The first kappa shape index (κ1) is 13.0. The predicted octanol–water partition coefficient (Wildman–Crippen LogP) is 1.04. The maximum absolute atomic E-state index is 11.3. The summed E-state index contributed by atoms with van der Waals surface area (Å²) in [4.78, 5) is 13.7. The molecule has 6 heteroatoms. The average Bonchev–Trinajstić information content (AvgIpc) is 3.13. The van der Waals surface area contributed by atoms with Crippen LogP contribution in [0.5, 0.6) is 0 Å². The van der Waals surface area contributed by atoms with Crippen molar-refractivity contribution in [2.24, 2.45) is 5.84 Å². The van der Waals surface area contributed by atoms with Crippen LogP contribution in [0.15, 0.2) is 10.6 Å². The number of nitrogens with one attached hydrogen (secondary N) is 1. The molecule has 1 fully saturated rings. The second-order valence-electron chi connectivity index (χ2n) is 4.71. The minimum Gasteiger partial charge on any atom is -0.359 e. The van der Waals surface area contributed by atoms with Gasteiger partial charge in [-0.2, -0.15) is 0 Å². The predicted molar refractivity (Wildman–Crippen MR) is 66.5 cm³/mol. The second kappa shape index (κ2) is 5.97. The van der Waals surface area contributed by atoms with Crippen LogP contribution >= 0.6 is 0 Å². The zero-order valence-electron chi connectivity index (χ0n) is 10.7. The Morgan fingerprint density at radius 2 is 2.44 bits per heavy atom. The highest BCUT2D eigenvalue weighted by atomic mass is 16.5. The summed E-state index contributed by atoms with van der Waals surface area (Å²) in [5, 5.41) is 3.71. The third-order valence-electron chi connectivity index (χ3n) is 3.14. The van der Waals surface area contributed by atoms with Gasteiger partial charge in [-0.05, 0) is 25.8 Å². The number of hydrogen-bond acceptors (Lipinski definition) is 5. The molecule has 0 spiro atoms. The van der Waals surface area contributed by atoms with E-state index in [2.05, 4.69) is 17.0 Å². The number of hydrogen-bond donors (Lipinski definition) is 2. The van der Waals surface area contributed by atoms with Gasteiger partial charge < -0.3 is 4.52 Å². The van der Waals surface area contributed by atoms with Gasteiger partial charge >= 0.3 is 0 Å². The van der Waals surface area contributed by atoms with Crippen LogP contribution in [0.3, 0.4) is 0 Å². The lowest BCUT2D eigenvalue weighted by Crippen LogP contribution is -2.30. The summed E-state index contributed by atoms with van der Waals surface area (Å²) >= 11 is 0. The van der Waals surface area contributed by atoms with Gasteiger partial charge in [0.1, 0.15) is 0 Å². The van der Waals surface area contributed by atoms with E-state index in [9.17, 15) is 4.79 Å². The van der Waals surface area contributed by atoms with Crippen LogP contribution in [0.1, 0.15) is 48.9 Å². The molecule has 2 rings (SSSR count). The standard InChI is InChI=1S/C12H20N4O2/c1-2-3-6-16(9-4-5-9)8-10-7-11(15-18-10)12(17)14-13/h7,9H,2-6,8,13H2,1H3,(H,14,17). The highest BCUT2D eigenvalue weighted by Crippen LogP contribution is 2.28. The zero-order valence-corrected chi connectivity index (χ0v) is 10.7. The fourth-order valence-electron chi connectivity index (χ4n) is 1.96. The molecule has 100 valence electrons. The molecule has 1 aromatic heterocycles. The van der Waals surface area contributed by atoms with Crippen molar-refractivity contribution < 1.29 is 9.32 Å². The van der Waals surface area contributed by atoms with Crippen molar-refractivity contribution in [3.05, 3.63) is 17.5 Å². The van der Waals surface area contributed by atoms with Gasteiger partial charge in [0.2, 0.25) is 0 Å². The summed E-state index contributed by atoms with van der Waals surface area (Å²) in [6.07, 6.45) is 4.88. The highest BCUT2D eigenvalue weighted by Gasteiger charge is 2.29. The van der Waals surface area contributed by atoms with E-state index in [1.165, 1.54) is 25.7 Å². The van der Waals surface area contributed by atoms with Crippen molar-refractivity contribution in [2.75, 3.05) is 6.54 Å². The number of carbonyl (C=O) groups is 1. The van der Waals surface area contributed by atoms with E-state index in [0.717, 1.165) is 18.8 Å². The SMILES string of the molecule is CCCCN(Cc1cc(C(=O)NN)no1)C1CC1. The second-order valence-corrected chi connectivity index (χ2v) is 4.71. The molecule has 18 heavy (non-hydrogen) atoms. The molecule has 3 N–H and O–H groups in total. The molecule has 0 aromatic carbocycles. The van der Waals surface area contributed by atoms with Gasteiger partial charge in [0.05, 0.1) is 6.54 Å². The highest BCUT2D eigenvalue weighted by molar-refractivity contribution is 5.91. The first-order chi connectivity index (χ1) is 8.74. The Bertz CT molecular complexity index is 401. The number of hydrazine groups is 1. The summed E-state index contributed by atoms with van der Waals surface area (Å²) in [5.41, 5.74) is 2.28. The van der Waals surface area contributed by atoms with Gasteiger partial charge in [-0.15, -0.1) is 0 Å². The Morgan fingerprint density at radius 1 is 1.67 bits per heavy atom. The number of amides is 1. The Labute approximate surface area is 106 Å². The summed E-state index contributed by atoms with van der Waals surface area (Å²) in [5.74, 6) is 5.35. The van der Waals surface area contributed by atoms with Gasteiger partial charge in [-0.25, -0.2) is 5.84 Å². The normalized spacial score (nSPS) is 15.1. The van der Waals surface area contributed by atoms with E-state index < -0.39 is 5.91 Å². The number of unbranched alkanes of at least 4 members (excludes halogenated alkanes) is 1. The Balaban J connectivity index is 1.93. The van der Waals surface area contributed by atoms with E-state index >= 15 is 0 Å². The lowest BCUT2D eigenvalue weighted by Gasteiger charge is -2.19. The third kappa shape index (κ3) is 3.30. The Kier molecular flexibility index (Phi) is 4.33. The number of aromatic nitrogens is 1. The van der Waals surface area contributed by atoms with E-state index in [0.29, 0.717) is 6.04 Å². The molecule has 1 amide bonds. The van der Waals surface area contributed by atoms with Crippen molar-refractivity contribution in [2.45, 2.75) is 45.2 Å². The molecule has 0 aliphatic heterocycles. The van der Waals surface area contributed by atoms with Crippen LogP contribution in [0.25, 0.3) is 0 Å². The van der Waals surface area contributed by atoms with Crippen LogP contribution in [0.4, 0.5) is 0 Å². The number of carbonyl (C=O) groups excluding carboxylic acids is 1. The van der Waals surface area contributed by atoms with Crippen molar-refractivity contribution in [3.8, 4) is 0 Å². The molecule has 1 saturated carbocycles. The lowest BCUT2D eigenvalue weighted by atomic mass is 10.3. The summed E-state index contributed by atoms with van der Waals surface area (Å²) < 4.78 is 5.17. The first-order valence-electron chi connectivity index (χ1n) is 6.45. The van der Waals surface area contributed by atoms with E-state index in [4.69, 9.17) is 10.4 Å². The molecule has 1 heterocycles. The fraction of sp³-hybridized carbons (Fsp3) is 0.667. The van der Waals surface area contributed by atoms with Gasteiger partial charge in [0, 0.05) is 12.1 Å². The summed E-state index contributed by atoms with van der Waals surface area (Å²) in [7, 11) is 0. The fourth-order valence-corrected chi connectivity index (χ4v) is 1.96. The van der Waals surface area contributed by atoms with Gasteiger partial charge in [0.25, 0.3) is 5.91 Å². The quantitative estimate of drug-likeness (QED) is 0.430. The molecule has 0 bridgehead atoms. The first-order valence-corrected chi connectivity index (χ1v) is 6.45. The van der Waals surface area contributed by atoms with Gasteiger partial charge in [-0.1, -0.05) is 18.5 Å². The van der Waals surface area contributed by atoms with Crippen LogP contribution in [-0.4, -0.2) is 28.6 Å². The third-order valence-corrected chi connectivity index (χ3v) is 3.14. The smallest absolute Gasteiger partial charge is 0.287 e. The molecule has 0 saturated heterocycles. The maximum Gasteiger partial charge on any atom is 0.287 e. The van der Waals surface area contributed by atoms with Gasteiger partial charge in [0.15, 0.2) is 11.5 Å².